The van der Waals surface area contributed by atoms with Crippen LogP contribution in [0.1, 0.15) is 41.6 Å². The van der Waals surface area contributed by atoms with Crippen LogP contribution < -0.4 is 29.5 Å². The lowest BCUT2D eigenvalue weighted by atomic mass is 9.95. The van der Waals surface area contributed by atoms with Crippen molar-refractivity contribution in [3.63, 3.8) is 0 Å². The van der Waals surface area contributed by atoms with E-state index in [2.05, 4.69) is 4.99 Å². The molecule has 0 saturated carbocycles. The summed E-state index contributed by atoms with van der Waals surface area (Å²) >= 11 is 1.14. The van der Waals surface area contributed by atoms with Crippen molar-refractivity contribution in [3.05, 3.63) is 102 Å². The molecule has 0 radical (unpaired) electrons. The van der Waals surface area contributed by atoms with Gasteiger partial charge in [-0.05, 0) is 55.8 Å². The Labute approximate surface area is 238 Å². The number of carboxylic acids is 1. The van der Waals surface area contributed by atoms with Crippen molar-refractivity contribution in [2.45, 2.75) is 19.9 Å². The summed E-state index contributed by atoms with van der Waals surface area (Å²) in [5.74, 6) is -0.109. The summed E-state index contributed by atoms with van der Waals surface area (Å²) < 4.78 is 24.1. The number of methoxy groups -OCH3 is 2. The Morgan fingerprint density at radius 2 is 1.93 bits per heavy atom. The van der Waals surface area contributed by atoms with Crippen LogP contribution in [0, 0.1) is 0 Å². The highest BCUT2D eigenvalue weighted by Gasteiger charge is 2.35. The number of aromatic carboxylic acids is 1. The van der Waals surface area contributed by atoms with Gasteiger partial charge in [-0.1, -0.05) is 29.5 Å². The first-order chi connectivity index (χ1) is 19.7. The van der Waals surface area contributed by atoms with Crippen LogP contribution in [0.5, 0.6) is 11.5 Å². The number of thiazole rings is 1. The lowest BCUT2D eigenvalue weighted by Gasteiger charge is -2.26. The number of benzene rings is 2. The molecule has 0 aliphatic carbocycles. The molecule has 10 nitrogen and oxygen atoms in total. The fourth-order valence-electron chi connectivity index (χ4n) is 4.65. The maximum absolute atomic E-state index is 13.9. The van der Waals surface area contributed by atoms with Gasteiger partial charge < -0.3 is 28.5 Å². The Balaban J connectivity index is 1.66. The maximum Gasteiger partial charge on any atom is 0.338 e. The molecule has 1 aliphatic rings. The third-order valence-electron chi connectivity index (χ3n) is 6.53. The zero-order chi connectivity index (χ0) is 29.3. The minimum atomic E-state index is -1.29. The molecule has 0 amide bonds. The molecule has 1 aliphatic heterocycles. The Bertz CT molecular complexity index is 1880. The summed E-state index contributed by atoms with van der Waals surface area (Å²) in [6, 6.07) is 13.8. The second-order valence-electron chi connectivity index (χ2n) is 8.98. The Hall–Kier alpha value is -4.90. The summed E-state index contributed by atoms with van der Waals surface area (Å²) in [6.07, 6.45) is 1.58. The van der Waals surface area contributed by atoms with Crippen LogP contribution in [-0.4, -0.2) is 37.3 Å². The number of esters is 1. The number of carbonyl (C=O) groups is 2. The number of hydrogen-bond donors (Lipinski definition) is 0. The van der Waals surface area contributed by atoms with E-state index in [1.807, 2.05) is 0 Å². The van der Waals surface area contributed by atoms with Gasteiger partial charge in [0.2, 0.25) is 0 Å². The zero-order valence-electron chi connectivity index (χ0n) is 22.6. The first-order valence-electron chi connectivity index (χ1n) is 12.6. The summed E-state index contributed by atoms with van der Waals surface area (Å²) in [5.41, 5.74) is 1.34. The number of nitrogens with zero attached hydrogens (tertiary/aromatic N) is 2. The van der Waals surface area contributed by atoms with Gasteiger partial charge in [-0.2, -0.15) is 0 Å². The fraction of sp³-hybridized carbons (Fsp3) is 0.200. The molecule has 41 heavy (non-hydrogen) atoms. The molecule has 1 atom stereocenters. The number of ether oxygens (including phenoxy) is 3. The van der Waals surface area contributed by atoms with E-state index in [0.29, 0.717) is 49.2 Å². The molecule has 11 heteroatoms. The third kappa shape index (κ3) is 5.19. The van der Waals surface area contributed by atoms with Gasteiger partial charge in [0.05, 0.1) is 42.6 Å². The van der Waals surface area contributed by atoms with Crippen LogP contribution in [0.2, 0.25) is 0 Å². The smallest absolute Gasteiger partial charge is 0.338 e. The van der Waals surface area contributed by atoms with Crippen molar-refractivity contribution in [2.75, 3.05) is 20.8 Å². The van der Waals surface area contributed by atoms with E-state index in [0.717, 1.165) is 11.3 Å². The van der Waals surface area contributed by atoms with E-state index >= 15 is 0 Å². The highest BCUT2D eigenvalue weighted by molar-refractivity contribution is 7.07. The van der Waals surface area contributed by atoms with Gasteiger partial charge in [-0.25, -0.2) is 9.79 Å². The fourth-order valence-corrected chi connectivity index (χ4v) is 5.68. The van der Waals surface area contributed by atoms with Gasteiger partial charge in [0.25, 0.3) is 5.56 Å². The van der Waals surface area contributed by atoms with Crippen LogP contribution in [0.25, 0.3) is 17.4 Å². The molecular formula is C30H25N2O8S-. The van der Waals surface area contributed by atoms with Gasteiger partial charge in [0.15, 0.2) is 4.80 Å². The maximum atomic E-state index is 13.9. The van der Waals surface area contributed by atoms with Crippen molar-refractivity contribution < 1.29 is 33.3 Å². The summed E-state index contributed by atoms with van der Waals surface area (Å²) in [7, 11) is 3.03. The van der Waals surface area contributed by atoms with Gasteiger partial charge in [0, 0.05) is 17.2 Å². The number of carboxylic acid groups (broad SMARTS) is 1. The van der Waals surface area contributed by atoms with Crippen LogP contribution in [0.4, 0.5) is 0 Å². The van der Waals surface area contributed by atoms with Gasteiger partial charge in [0.1, 0.15) is 29.1 Å². The number of allylic oxidation sites excluding steroid dienone is 1. The van der Waals surface area contributed by atoms with Gasteiger partial charge in [-0.15, -0.1) is 0 Å². The Kier molecular flexibility index (Phi) is 7.62. The predicted molar refractivity (Wildman–Crippen MR) is 148 cm³/mol. The monoisotopic (exact) mass is 573 g/mol. The molecule has 0 fully saturated rings. The molecular weight excluding hydrogens is 548 g/mol. The normalized spacial score (nSPS) is 14.8. The lowest BCUT2D eigenvalue weighted by Crippen LogP contribution is -2.40. The SMILES string of the molecule is CCOC(=O)C1=C(C)N=c2s/c(=C/c3ccc(-c4cccc(C(=O)[O-])c4)o3)c(=O)n2[C@@H]1c1cc(OC)ccc1OC. The molecule has 0 unspecified atom stereocenters. The predicted octanol–water partition coefficient (Wildman–Crippen LogP) is 2.44. The first-order valence-corrected chi connectivity index (χ1v) is 13.4. The number of furan rings is 1. The first kappa shape index (κ1) is 27.7. The van der Waals surface area contributed by atoms with E-state index in [1.54, 1.807) is 62.4 Å². The molecule has 2 aromatic carbocycles. The molecule has 0 bridgehead atoms. The van der Waals surface area contributed by atoms with E-state index in [4.69, 9.17) is 18.6 Å². The number of aromatic nitrogens is 1. The van der Waals surface area contributed by atoms with Crippen LogP contribution in [0.15, 0.2) is 80.1 Å². The van der Waals surface area contributed by atoms with Crippen LogP contribution >= 0.6 is 11.3 Å². The average Bonchev–Trinajstić information content (AvgIpc) is 3.56. The summed E-state index contributed by atoms with van der Waals surface area (Å²) in [6.45, 7) is 3.55. The standard InChI is InChI=1S/C30H26N2O8S/c1-5-39-29(36)25-16(2)31-30-32(26(25)21-14-19(37-3)9-12-23(21)38-4)27(33)24(41-30)15-20-10-11-22(40-20)17-7-6-8-18(13-17)28(34)35/h6-15,26H,5H2,1-4H3,(H,34,35)/p-1/b24-15+/t26-/m1/s1. The molecule has 3 heterocycles. The van der Waals surface area contributed by atoms with Crippen LogP contribution in [0.3, 0.4) is 0 Å². The highest BCUT2D eigenvalue weighted by atomic mass is 32.1. The topological polar surface area (TPSA) is 132 Å². The third-order valence-corrected chi connectivity index (χ3v) is 7.51. The minimum absolute atomic E-state index is 0.0227. The quantitative estimate of drug-likeness (QED) is 0.294. The zero-order valence-corrected chi connectivity index (χ0v) is 23.4. The molecule has 0 N–H and O–H groups in total. The lowest BCUT2D eigenvalue weighted by molar-refractivity contribution is -0.255. The van der Waals surface area contributed by atoms with Gasteiger partial charge in [-0.3, -0.25) is 9.36 Å². The number of fused-ring (bicyclic) bond motifs is 1. The number of rotatable bonds is 8. The second kappa shape index (κ2) is 11.3. The molecule has 5 rings (SSSR count). The Morgan fingerprint density at radius 3 is 2.63 bits per heavy atom. The van der Waals surface area contributed by atoms with E-state index < -0.39 is 23.5 Å². The average molecular weight is 574 g/mol. The van der Waals surface area contributed by atoms with Crippen molar-refractivity contribution >= 4 is 29.4 Å². The van der Waals surface area contributed by atoms with E-state index in [1.165, 1.54) is 30.9 Å². The van der Waals surface area contributed by atoms with E-state index in [-0.39, 0.29) is 17.7 Å². The molecule has 0 spiro atoms. The van der Waals surface area contributed by atoms with Crippen molar-refractivity contribution in [1.82, 2.24) is 4.57 Å². The molecule has 210 valence electrons. The van der Waals surface area contributed by atoms with Crippen molar-refractivity contribution in [1.29, 1.82) is 0 Å². The van der Waals surface area contributed by atoms with E-state index in [9.17, 15) is 19.5 Å². The van der Waals surface area contributed by atoms with Crippen molar-refractivity contribution in [3.8, 4) is 22.8 Å². The summed E-state index contributed by atoms with van der Waals surface area (Å²) in [5, 5.41) is 11.3. The highest BCUT2D eigenvalue weighted by Crippen LogP contribution is 2.37. The Morgan fingerprint density at radius 1 is 1.12 bits per heavy atom. The van der Waals surface area contributed by atoms with Gasteiger partial charge >= 0.3 is 5.97 Å². The minimum Gasteiger partial charge on any atom is -0.545 e. The number of hydrogen-bond acceptors (Lipinski definition) is 10. The van der Waals surface area contributed by atoms with Crippen LogP contribution in [-0.2, 0) is 9.53 Å². The second-order valence-corrected chi connectivity index (χ2v) is 9.99. The molecule has 0 saturated heterocycles. The summed E-state index contributed by atoms with van der Waals surface area (Å²) in [4.78, 5) is 43.3. The van der Waals surface area contributed by atoms with Crippen molar-refractivity contribution in [2.24, 2.45) is 4.99 Å². The molecule has 2 aromatic heterocycles. The number of carbonyl (C=O) groups excluding carboxylic acids is 2. The largest absolute Gasteiger partial charge is 0.545 e. The molecule has 4 aromatic rings.